The molecule has 1 aromatic rings. The highest BCUT2D eigenvalue weighted by Crippen LogP contribution is 2.25. The zero-order chi connectivity index (χ0) is 15.3. The van der Waals surface area contributed by atoms with Gasteiger partial charge in [0.05, 0.1) is 4.90 Å². The van der Waals surface area contributed by atoms with Gasteiger partial charge >= 0.3 is 0 Å². The van der Waals surface area contributed by atoms with Crippen LogP contribution in [0.4, 0.5) is 0 Å². The normalized spacial score (nSPS) is 16.7. The molecule has 2 heterocycles. The van der Waals surface area contributed by atoms with Crippen molar-refractivity contribution < 1.29 is 8.42 Å². The third-order valence-corrected chi connectivity index (χ3v) is 6.47. The third kappa shape index (κ3) is 4.75. The number of thiophene rings is 1. The molecule has 0 unspecified atom stereocenters. The van der Waals surface area contributed by atoms with Crippen LogP contribution in [0.2, 0.25) is 0 Å². The second-order valence-electron chi connectivity index (χ2n) is 5.46. The molecule has 21 heavy (non-hydrogen) atoms. The van der Waals surface area contributed by atoms with Gasteiger partial charge in [0.15, 0.2) is 0 Å². The molecular weight excluding hydrogens is 306 g/mol. The van der Waals surface area contributed by atoms with Gasteiger partial charge in [-0.2, -0.15) is 0 Å². The molecule has 0 spiro atoms. The number of aryl methyl sites for hydroxylation is 1. The minimum Gasteiger partial charge on any atom is -0.315 e. The predicted octanol–water partition coefficient (Wildman–Crippen LogP) is 1.54. The van der Waals surface area contributed by atoms with Crippen LogP contribution in [-0.4, -0.2) is 46.5 Å². The van der Waals surface area contributed by atoms with E-state index in [0.717, 1.165) is 35.8 Å². The number of sulfonamides is 1. The van der Waals surface area contributed by atoms with Crippen molar-refractivity contribution in [2.45, 2.75) is 37.6 Å². The van der Waals surface area contributed by atoms with Crippen LogP contribution in [0, 0.1) is 6.92 Å². The molecule has 0 atom stereocenters. The number of likely N-dealkylation sites (tertiary alicyclic amines) is 1. The van der Waals surface area contributed by atoms with Crippen molar-refractivity contribution in [2.24, 2.45) is 0 Å². The van der Waals surface area contributed by atoms with Gasteiger partial charge in [-0.3, -0.25) is 0 Å². The molecule has 0 radical (unpaired) electrons. The van der Waals surface area contributed by atoms with Gasteiger partial charge < -0.3 is 10.2 Å². The molecule has 2 N–H and O–H groups in total. The molecule has 1 aliphatic rings. The molecule has 1 aliphatic heterocycles. The summed E-state index contributed by atoms with van der Waals surface area (Å²) in [5, 5.41) is 3.05. The van der Waals surface area contributed by atoms with Crippen molar-refractivity contribution in [3.05, 3.63) is 15.8 Å². The Bertz CT molecular complexity index is 549. The standard InChI is InChI=1S/C14H25N3O2S2/c1-12-14(10-13(20-12)11-15-2)21(18,19)16-6-5-9-17-7-3-4-8-17/h10,15-16H,3-9,11H2,1-2H3. The van der Waals surface area contributed by atoms with Gasteiger partial charge in [0, 0.05) is 22.8 Å². The van der Waals surface area contributed by atoms with E-state index in [4.69, 9.17) is 0 Å². The molecule has 1 aromatic heterocycles. The number of hydrogen-bond acceptors (Lipinski definition) is 5. The summed E-state index contributed by atoms with van der Waals surface area (Å²) in [6.07, 6.45) is 3.41. The first kappa shape index (κ1) is 16.9. The highest BCUT2D eigenvalue weighted by molar-refractivity contribution is 7.89. The SMILES string of the molecule is CNCc1cc(S(=O)(=O)NCCCN2CCCC2)c(C)s1. The maximum Gasteiger partial charge on any atom is 0.241 e. The van der Waals surface area contributed by atoms with Crippen molar-refractivity contribution >= 4 is 21.4 Å². The first-order chi connectivity index (χ1) is 10.0. The van der Waals surface area contributed by atoms with Crippen LogP contribution >= 0.6 is 11.3 Å². The van der Waals surface area contributed by atoms with Crippen LogP contribution in [0.25, 0.3) is 0 Å². The van der Waals surface area contributed by atoms with Crippen LogP contribution in [0.5, 0.6) is 0 Å². The summed E-state index contributed by atoms with van der Waals surface area (Å²) in [4.78, 5) is 4.73. The summed E-state index contributed by atoms with van der Waals surface area (Å²) in [5.74, 6) is 0. The summed E-state index contributed by atoms with van der Waals surface area (Å²) in [6.45, 7) is 6.37. The Labute approximate surface area is 131 Å². The second-order valence-corrected chi connectivity index (χ2v) is 8.54. The van der Waals surface area contributed by atoms with Gasteiger partial charge in [-0.05, 0) is 58.9 Å². The topological polar surface area (TPSA) is 61.4 Å². The molecule has 5 nitrogen and oxygen atoms in total. The molecule has 0 amide bonds. The minimum absolute atomic E-state index is 0.430. The Hall–Kier alpha value is -0.470. The zero-order valence-electron chi connectivity index (χ0n) is 12.8. The van der Waals surface area contributed by atoms with E-state index in [1.165, 1.54) is 24.2 Å². The van der Waals surface area contributed by atoms with Crippen molar-refractivity contribution in [3.63, 3.8) is 0 Å². The van der Waals surface area contributed by atoms with Gasteiger partial charge in [-0.1, -0.05) is 0 Å². The molecule has 1 saturated heterocycles. The summed E-state index contributed by atoms with van der Waals surface area (Å²) in [7, 11) is -1.51. The minimum atomic E-state index is -3.37. The summed E-state index contributed by atoms with van der Waals surface area (Å²) in [6, 6.07) is 1.78. The van der Waals surface area contributed by atoms with Gasteiger partial charge in [0.1, 0.15) is 0 Å². The second kappa shape index (κ2) is 7.69. The van der Waals surface area contributed by atoms with Crippen LogP contribution in [0.1, 0.15) is 29.0 Å². The fourth-order valence-corrected chi connectivity index (χ4v) is 5.36. The first-order valence-electron chi connectivity index (χ1n) is 7.49. The fraction of sp³-hybridized carbons (Fsp3) is 0.714. The molecule has 1 fully saturated rings. The van der Waals surface area contributed by atoms with E-state index >= 15 is 0 Å². The fourth-order valence-electron chi connectivity index (χ4n) is 2.65. The van der Waals surface area contributed by atoms with Crippen molar-refractivity contribution in [3.8, 4) is 0 Å². The number of hydrogen-bond donors (Lipinski definition) is 2. The lowest BCUT2D eigenvalue weighted by Crippen LogP contribution is -2.28. The van der Waals surface area contributed by atoms with E-state index in [1.54, 1.807) is 6.07 Å². The lowest BCUT2D eigenvalue weighted by atomic mass is 10.4. The predicted molar refractivity (Wildman–Crippen MR) is 87.3 cm³/mol. The molecule has 0 aromatic carbocycles. The Morgan fingerprint density at radius 1 is 1.33 bits per heavy atom. The van der Waals surface area contributed by atoms with E-state index in [2.05, 4.69) is 14.9 Å². The molecule has 120 valence electrons. The van der Waals surface area contributed by atoms with Gasteiger partial charge in [-0.25, -0.2) is 13.1 Å². The van der Waals surface area contributed by atoms with E-state index in [1.807, 2.05) is 14.0 Å². The molecule has 0 aliphatic carbocycles. The van der Waals surface area contributed by atoms with Crippen LogP contribution < -0.4 is 10.0 Å². The molecule has 0 saturated carbocycles. The lowest BCUT2D eigenvalue weighted by molar-refractivity contribution is 0.334. The highest BCUT2D eigenvalue weighted by Gasteiger charge is 2.19. The van der Waals surface area contributed by atoms with E-state index in [9.17, 15) is 8.42 Å². The summed E-state index contributed by atoms with van der Waals surface area (Å²) in [5.41, 5.74) is 0. The number of nitrogens with one attached hydrogen (secondary N) is 2. The third-order valence-electron chi connectivity index (χ3n) is 3.71. The number of rotatable bonds is 8. The summed E-state index contributed by atoms with van der Waals surface area (Å²) >= 11 is 1.54. The maximum absolute atomic E-state index is 12.3. The van der Waals surface area contributed by atoms with E-state index in [-0.39, 0.29) is 0 Å². The Kier molecular flexibility index (Phi) is 6.19. The highest BCUT2D eigenvalue weighted by atomic mass is 32.2. The zero-order valence-corrected chi connectivity index (χ0v) is 14.4. The molecular formula is C14H25N3O2S2. The average molecular weight is 332 g/mol. The quantitative estimate of drug-likeness (QED) is 0.710. The average Bonchev–Trinajstić information content (AvgIpc) is 3.05. The first-order valence-corrected chi connectivity index (χ1v) is 9.79. The van der Waals surface area contributed by atoms with E-state index < -0.39 is 10.0 Å². The van der Waals surface area contributed by atoms with Gasteiger partial charge in [0.25, 0.3) is 0 Å². The van der Waals surface area contributed by atoms with Gasteiger partial charge in [0.2, 0.25) is 10.0 Å². The van der Waals surface area contributed by atoms with Crippen LogP contribution in [-0.2, 0) is 16.6 Å². The van der Waals surface area contributed by atoms with Crippen molar-refractivity contribution in [1.29, 1.82) is 0 Å². The largest absolute Gasteiger partial charge is 0.315 e. The smallest absolute Gasteiger partial charge is 0.241 e. The van der Waals surface area contributed by atoms with Crippen LogP contribution in [0.3, 0.4) is 0 Å². The van der Waals surface area contributed by atoms with Crippen molar-refractivity contribution in [1.82, 2.24) is 14.9 Å². The lowest BCUT2D eigenvalue weighted by Gasteiger charge is -2.14. The Balaban J connectivity index is 1.85. The monoisotopic (exact) mass is 331 g/mol. The number of nitrogens with zero attached hydrogens (tertiary/aromatic N) is 1. The Morgan fingerprint density at radius 3 is 2.71 bits per heavy atom. The maximum atomic E-state index is 12.3. The van der Waals surface area contributed by atoms with Gasteiger partial charge in [-0.15, -0.1) is 11.3 Å². The summed E-state index contributed by atoms with van der Waals surface area (Å²) < 4.78 is 27.4. The molecule has 2 rings (SSSR count). The van der Waals surface area contributed by atoms with E-state index in [0.29, 0.717) is 18.0 Å². The Morgan fingerprint density at radius 2 is 2.05 bits per heavy atom. The van der Waals surface area contributed by atoms with Crippen molar-refractivity contribution in [2.75, 3.05) is 33.2 Å². The molecule has 0 bridgehead atoms. The molecule has 7 heteroatoms. The van der Waals surface area contributed by atoms with Crippen LogP contribution in [0.15, 0.2) is 11.0 Å².